The monoisotopic (exact) mass is 204 g/mol. The first-order chi connectivity index (χ1) is 6.27. The molecule has 2 nitrogen and oxygen atoms in total. The topological polar surface area (TPSA) is 29.5 Å². The van der Waals surface area contributed by atoms with Gasteiger partial charge in [0.2, 0.25) is 0 Å². The SMILES string of the molecule is COC1CCC(CCSC)CC1O. The van der Waals surface area contributed by atoms with E-state index < -0.39 is 0 Å². The van der Waals surface area contributed by atoms with Crippen LogP contribution in [0, 0.1) is 5.92 Å². The van der Waals surface area contributed by atoms with Crippen molar-refractivity contribution in [3.8, 4) is 0 Å². The van der Waals surface area contributed by atoms with E-state index in [1.165, 1.54) is 18.6 Å². The van der Waals surface area contributed by atoms with Crippen molar-refractivity contribution in [2.75, 3.05) is 19.1 Å². The van der Waals surface area contributed by atoms with Crippen LogP contribution in [-0.2, 0) is 4.74 Å². The first kappa shape index (κ1) is 11.3. The van der Waals surface area contributed by atoms with Crippen LogP contribution >= 0.6 is 11.8 Å². The maximum atomic E-state index is 9.71. The minimum absolute atomic E-state index is 0.0885. The molecule has 3 atom stereocenters. The molecule has 3 heteroatoms. The minimum atomic E-state index is -0.231. The number of aliphatic hydroxyl groups excluding tert-OH is 1. The molecule has 1 saturated carbocycles. The number of hydrogen-bond donors (Lipinski definition) is 1. The maximum absolute atomic E-state index is 9.71. The molecule has 3 unspecified atom stereocenters. The van der Waals surface area contributed by atoms with E-state index in [0.717, 1.165) is 12.8 Å². The van der Waals surface area contributed by atoms with Crippen molar-refractivity contribution < 1.29 is 9.84 Å². The van der Waals surface area contributed by atoms with Gasteiger partial charge in [0.05, 0.1) is 12.2 Å². The molecule has 0 radical (unpaired) electrons. The molecule has 0 heterocycles. The predicted octanol–water partition coefficient (Wildman–Crippen LogP) is 1.92. The van der Waals surface area contributed by atoms with Crippen molar-refractivity contribution >= 4 is 11.8 Å². The highest BCUT2D eigenvalue weighted by molar-refractivity contribution is 7.98. The fraction of sp³-hybridized carbons (Fsp3) is 1.00. The summed E-state index contributed by atoms with van der Waals surface area (Å²) in [5, 5.41) is 9.71. The van der Waals surface area contributed by atoms with Gasteiger partial charge in [0.25, 0.3) is 0 Å². The Kier molecular flexibility index (Phi) is 5.14. The Morgan fingerprint density at radius 2 is 2.23 bits per heavy atom. The molecule has 0 aromatic rings. The van der Waals surface area contributed by atoms with Crippen molar-refractivity contribution in [1.82, 2.24) is 0 Å². The Bertz CT molecular complexity index is 141. The number of hydrogen-bond acceptors (Lipinski definition) is 3. The van der Waals surface area contributed by atoms with Gasteiger partial charge >= 0.3 is 0 Å². The third kappa shape index (κ3) is 3.49. The van der Waals surface area contributed by atoms with E-state index in [2.05, 4.69) is 6.26 Å². The summed E-state index contributed by atoms with van der Waals surface area (Å²) >= 11 is 1.89. The van der Waals surface area contributed by atoms with Crippen LogP contribution in [-0.4, -0.2) is 36.4 Å². The second kappa shape index (κ2) is 5.89. The summed E-state index contributed by atoms with van der Waals surface area (Å²) in [5.74, 6) is 1.93. The van der Waals surface area contributed by atoms with E-state index in [0.29, 0.717) is 5.92 Å². The zero-order valence-electron chi connectivity index (χ0n) is 8.53. The molecule has 0 aromatic carbocycles. The zero-order valence-corrected chi connectivity index (χ0v) is 9.35. The maximum Gasteiger partial charge on any atom is 0.0830 e. The highest BCUT2D eigenvalue weighted by Crippen LogP contribution is 2.29. The standard InChI is InChI=1S/C10H20O2S/c1-12-10-4-3-8(5-6-13-2)7-9(10)11/h8-11H,3-7H2,1-2H3. The van der Waals surface area contributed by atoms with Crippen LogP contribution < -0.4 is 0 Å². The van der Waals surface area contributed by atoms with Crippen molar-refractivity contribution in [1.29, 1.82) is 0 Å². The normalized spacial score (nSPS) is 34.8. The van der Waals surface area contributed by atoms with Gasteiger partial charge in [0, 0.05) is 7.11 Å². The molecule has 0 aromatic heterocycles. The number of thioether (sulfide) groups is 1. The lowest BCUT2D eigenvalue weighted by atomic mass is 9.84. The Balaban J connectivity index is 2.24. The van der Waals surface area contributed by atoms with Crippen LogP contribution in [0.15, 0.2) is 0 Å². The molecule has 1 N–H and O–H groups in total. The molecule has 1 aliphatic rings. The van der Waals surface area contributed by atoms with Gasteiger partial charge in [0.1, 0.15) is 0 Å². The molecule has 0 aliphatic heterocycles. The molecule has 0 amide bonds. The van der Waals surface area contributed by atoms with E-state index in [4.69, 9.17) is 4.74 Å². The summed E-state index contributed by atoms with van der Waals surface area (Å²) in [4.78, 5) is 0. The molecule has 0 bridgehead atoms. The highest BCUT2D eigenvalue weighted by Gasteiger charge is 2.28. The quantitative estimate of drug-likeness (QED) is 0.758. The average molecular weight is 204 g/mol. The van der Waals surface area contributed by atoms with Gasteiger partial charge in [-0.25, -0.2) is 0 Å². The molecule has 1 fully saturated rings. The van der Waals surface area contributed by atoms with Gasteiger partial charge in [-0.05, 0) is 43.6 Å². The molecule has 0 spiro atoms. The molecule has 78 valence electrons. The summed E-state index contributed by atoms with van der Waals surface area (Å²) in [6.45, 7) is 0. The molecule has 13 heavy (non-hydrogen) atoms. The smallest absolute Gasteiger partial charge is 0.0830 e. The summed E-state index contributed by atoms with van der Waals surface area (Å²) in [6.07, 6.45) is 6.41. The van der Waals surface area contributed by atoms with Crippen molar-refractivity contribution in [2.24, 2.45) is 5.92 Å². The van der Waals surface area contributed by atoms with Crippen LogP contribution in [0.25, 0.3) is 0 Å². The van der Waals surface area contributed by atoms with Gasteiger partial charge in [-0.1, -0.05) is 0 Å². The van der Waals surface area contributed by atoms with Crippen LogP contribution in [0.3, 0.4) is 0 Å². The number of aliphatic hydroxyl groups is 1. The Labute approximate surface area is 85.0 Å². The molecular weight excluding hydrogens is 184 g/mol. The van der Waals surface area contributed by atoms with E-state index >= 15 is 0 Å². The third-order valence-electron chi connectivity index (χ3n) is 2.90. The summed E-state index contributed by atoms with van der Waals surface area (Å²) in [6, 6.07) is 0. The zero-order chi connectivity index (χ0) is 9.68. The van der Waals surface area contributed by atoms with Gasteiger partial charge < -0.3 is 9.84 Å². The van der Waals surface area contributed by atoms with Gasteiger partial charge in [0.15, 0.2) is 0 Å². The summed E-state index contributed by atoms with van der Waals surface area (Å²) in [7, 11) is 1.69. The largest absolute Gasteiger partial charge is 0.390 e. The second-order valence-corrected chi connectivity index (χ2v) is 4.79. The summed E-state index contributed by atoms with van der Waals surface area (Å²) in [5.41, 5.74) is 0. The number of rotatable bonds is 4. The Morgan fingerprint density at radius 3 is 2.77 bits per heavy atom. The highest BCUT2D eigenvalue weighted by atomic mass is 32.2. The molecular formula is C10H20O2S. The van der Waals surface area contributed by atoms with E-state index in [1.54, 1.807) is 7.11 Å². The average Bonchev–Trinajstić information content (AvgIpc) is 2.15. The van der Waals surface area contributed by atoms with Crippen LogP contribution in [0.5, 0.6) is 0 Å². The third-order valence-corrected chi connectivity index (χ3v) is 3.54. The number of methoxy groups -OCH3 is 1. The van der Waals surface area contributed by atoms with Crippen molar-refractivity contribution in [3.63, 3.8) is 0 Å². The van der Waals surface area contributed by atoms with E-state index in [1.807, 2.05) is 11.8 Å². The van der Waals surface area contributed by atoms with Gasteiger partial charge in [-0.15, -0.1) is 0 Å². The van der Waals surface area contributed by atoms with Crippen LogP contribution in [0.2, 0.25) is 0 Å². The first-order valence-electron chi connectivity index (χ1n) is 4.97. The van der Waals surface area contributed by atoms with E-state index in [9.17, 15) is 5.11 Å². The lowest BCUT2D eigenvalue weighted by molar-refractivity contribution is -0.0499. The lowest BCUT2D eigenvalue weighted by Gasteiger charge is -2.32. The Hall–Kier alpha value is 0.270. The van der Waals surface area contributed by atoms with E-state index in [-0.39, 0.29) is 12.2 Å². The summed E-state index contributed by atoms with van der Waals surface area (Å²) < 4.78 is 5.20. The fourth-order valence-electron chi connectivity index (χ4n) is 2.03. The molecule has 1 aliphatic carbocycles. The Morgan fingerprint density at radius 1 is 1.46 bits per heavy atom. The van der Waals surface area contributed by atoms with Gasteiger partial charge in [-0.3, -0.25) is 0 Å². The first-order valence-corrected chi connectivity index (χ1v) is 6.37. The second-order valence-electron chi connectivity index (χ2n) is 3.80. The van der Waals surface area contributed by atoms with Crippen molar-refractivity contribution in [3.05, 3.63) is 0 Å². The van der Waals surface area contributed by atoms with Crippen LogP contribution in [0.4, 0.5) is 0 Å². The number of ether oxygens (including phenoxy) is 1. The van der Waals surface area contributed by atoms with Gasteiger partial charge in [-0.2, -0.15) is 11.8 Å². The van der Waals surface area contributed by atoms with Crippen molar-refractivity contribution in [2.45, 2.75) is 37.9 Å². The fourth-order valence-corrected chi connectivity index (χ4v) is 2.59. The predicted molar refractivity (Wildman–Crippen MR) is 57.1 cm³/mol. The minimum Gasteiger partial charge on any atom is -0.390 e. The molecule has 0 saturated heterocycles. The van der Waals surface area contributed by atoms with Crippen LogP contribution in [0.1, 0.15) is 25.7 Å². The molecule has 1 rings (SSSR count). The lowest BCUT2D eigenvalue weighted by Crippen LogP contribution is -2.35.